The highest BCUT2D eigenvalue weighted by Gasteiger charge is 2.29. The molecule has 1 aliphatic carbocycles. The number of aromatic nitrogens is 2. The molecule has 0 radical (unpaired) electrons. The number of benzene rings is 2. The molecule has 0 aliphatic heterocycles. The summed E-state index contributed by atoms with van der Waals surface area (Å²) >= 11 is 0. The second-order valence-electron chi connectivity index (χ2n) is 8.73. The molecule has 164 valence electrons. The van der Waals surface area contributed by atoms with Crippen LogP contribution in [0.1, 0.15) is 56.8 Å². The lowest BCUT2D eigenvalue weighted by molar-refractivity contribution is -0.122. The van der Waals surface area contributed by atoms with Gasteiger partial charge in [-0.05, 0) is 55.4 Å². The number of rotatable bonds is 11. The Bertz CT molecular complexity index is 1020. The monoisotopic (exact) mass is 419 g/mol. The Balaban J connectivity index is 1.35. The minimum atomic E-state index is 0.215. The summed E-state index contributed by atoms with van der Waals surface area (Å²) < 4.78 is 8.44. The van der Waals surface area contributed by atoms with Crippen LogP contribution in [0, 0.1) is 5.92 Å². The zero-order chi connectivity index (χ0) is 21.6. The SMILES string of the molecule is CC(C)c1ccccc1OCCCn1c(CCCNC(=O)C2CC2)nc2ccccc21. The van der Waals surface area contributed by atoms with Gasteiger partial charge in [0, 0.05) is 25.4 Å². The van der Waals surface area contributed by atoms with Crippen LogP contribution in [0.25, 0.3) is 11.0 Å². The van der Waals surface area contributed by atoms with Gasteiger partial charge in [-0.2, -0.15) is 0 Å². The Kier molecular flexibility index (Phi) is 6.90. The van der Waals surface area contributed by atoms with E-state index in [-0.39, 0.29) is 11.8 Å². The summed E-state index contributed by atoms with van der Waals surface area (Å²) in [7, 11) is 0. The first-order valence-electron chi connectivity index (χ1n) is 11.6. The van der Waals surface area contributed by atoms with Crippen molar-refractivity contribution in [1.29, 1.82) is 0 Å². The normalized spacial score (nSPS) is 13.6. The number of hydrogen-bond donors (Lipinski definition) is 1. The van der Waals surface area contributed by atoms with Crippen molar-refractivity contribution in [2.24, 2.45) is 5.92 Å². The van der Waals surface area contributed by atoms with E-state index in [0.29, 0.717) is 19.1 Å². The number of carbonyl (C=O) groups is 1. The predicted octanol–water partition coefficient (Wildman–Crippen LogP) is 5.09. The molecular formula is C26H33N3O2. The summed E-state index contributed by atoms with van der Waals surface area (Å²) in [4.78, 5) is 16.7. The molecule has 5 nitrogen and oxygen atoms in total. The Morgan fingerprint density at radius 1 is 1.13 bits per heavy atom. The van der Waals surface area contributed by atoms with Gasteiger partial charge in [0.25, 0.3) is 0 Å². The lowest BCUT2D eigenvalue weighted by Gasteiger charge is -2.14. The van der Waals surface area contributed by atoms with Crippen molar-refractivity contribution in [3.63, 3.8) is 0 Å². The van der Waals surface area contributed by atoms with Crippen LogP contribution in [0.5, 0.6) is 5.75 Å². The molecule has 5 heteroatoms. The highest BCUT2D eigenvalue weighted by Crippen LogP contribution is 2.28. The van der Waals surface area contributed by atoms with E-state index < -0.39 is 0 Å². The average molecular weight is 420 g/mol. The maximum absolute atomic E-state index is 11.8. The van der Waals surface area contributed by atoms with E-state index in [2.05, 4.69) is 60.1 Å². The second kappa shape index (κ2) is 9.99. The molecule has 1 N–H and O–H groups in total. The maximum atomic E-state index is 11.8. The van der Waals surface area contributed by atoms with Crippen molar-refractivity contribution in [2.45, 2.75) is 58.4 Å². The molecule has 0 spiro atoms. The van der Waals surface area contributed by atoms with Gasteiger partial charge in [0.15, 0.2) is 0 Å². The number of imidazole rings is 1. The average Bonchev–Trinajstić information content (AvgIpc) is 3.57. The molecule has 1 aliphatic rings. The van der Waals surface area contributed by atoms with Crippen LogP contribution in [0.3, 0.4) is 0 Å². The predicted molar refractivity (Wildman–Crippen MR) is 124 cm³/mol. The second-order valence-corrected chi connectivity index (χ2v) is 8.73. The van der Waals surface area contributed by atoms with Gasteiger partial charge in [0.2, 0.25) is 5.91 Å². The zero-order valence-corrected chi connectivity index (χ0v) is 18.6. The van der Waals surface area contributed by atoms with Crippen molar-refractivity contribution in [2.75, 3.05) is 13.2 Å². The first-order valence-corrected chi connectivity index (χ1v) is 11.6. The Morgan fingerprint density at radius 2 is 1.90 bits per heavy atom. The molecule has 1 fully saturated rings. The number of nitrogens with one attached hydrogen (secondary N) is 1. The minimum absolute atomic E-state index is 0.215. The van der Waals surface area contributed by atoms with Gasteiger partial charge in [0.1, 0.15) is 11.6 Å². The number of ether oxygens (including phenoxy) is 1. The molecule has 0 atom stereocenters. The smallest absolute Gasteiger partial charge is 0.223 e. The molecular weight excluding hydrogens is 386 g/mol. The summed E-state index contributed by atoms with van der Waals surface area (Å²) in [6.45, 7) is 6.65. The van der Waals surface area contributed by atoms with E-state index in [1.807, 2.05) is 12.1 Å². The van der Waals surface area contributed by atoms with Crippen LogP contribution >= 0.6 is 0 Å². The molecule has 2 aromatic carbocycles. The van der Waals surface area contributed by atoms with Crippen molar-refractivity contribution in [3.05, 3.63) is 59.9 Å². The van der Waals surface area contributed by atoms with Gasteiger partial charge in [-0.15, -0.1) is 0 Å². The number of para-hydroxylation sites is 3. The molecule has 0 unspecified atom stereocenters. The van der Waals surface area contributed by atoms with Crippen LogP contribution in [-0.2, 0) is 17.8 Å². The van der Waals surface area contributed by atoms with Gasteiger partial charge < -0.3 is 14.6 Å². The first kappa shape index (κ1) is 21.4. The van der Waals surface area contributed by atoms with Crippen molar-refractivity contribution in [3.8, 4) is 5.75 Å². The fourth-order valence-electron chi connectivity index (χ4n) is 4.01. The third-order valence-electron chi connectivity index (χ3n) is 5.88. The molecule has 1 heterocycles. The summed E-state index contributed by atoms with van der Waals surface area (Å²) in [5, 5.41) is 3.06. The number of amides is 1. The summed E-state index contributed by atoms with van der Waals surface area (Å²) in [6, 6.07) is 16.6. The number of hydrogen-bond acceptors (Lipinski definition) is 3. The Morgan fingerprint density at radius 3 is 2.71 bits per heavy atom. The maximum Gasteiger partial charge on any atom is 0.223 e. The van der Waals surface area contributed by atoms with E-state index >= 15 is 0 Å². The lowest BCUT2D eigenvalue weighted by Crippen LogP contribution is -2.26. The Labute approximate surface area is 184 Å². The van der Waals surface area contributed by atoms with E-state index in [9.17, 15) is 4.79 Å². The fraction of sp³-hybridized carbons (Fsp3) is 0.462. The van der Waals surface area contributed by atoms with Gasteiger partial charge in [-0.25, -0.2) is 4.98 Å². The zero-order valence-electron chi connectivity index (χ0n) is 18.6. The van der Waals surface area contributed by atoms with Crippen LogP contribution < -0.4 is 10.1 Å². The van der Waals surface area contributed by atoms with Crippen LogP contribution in [0.2, 0.25) is 0 Å². The third kappa shape index (κ3) is 5.46. The standard InChI is InChI=1S/C26H33N3O2/c1-19(2)21-9-3-6-12-24(21)31-18-8-17-29-23-11-5-4-10-22(23)28-25(29)13-7-16-27-26(30)20-14-15-20/h3-6,9-12,19-20H,7-8,13-18H2,1-2H3,(H,27,30). The lowest BCUT2D eigenvalue weighted by atomic mass is 10.0. The molecule has 1 amide bonds. The summed E-state index contributed by atoms with van der Waals surface area (Å²) in [5.74, 6) is 3.00. The van der Waals surface area contributed by atoms with Gasteiger partial charge in [-0.1, -0.05) is 44.2 Å². The van der Waals surface area contributed by atoms with E-state index in [1.165, 1.54) is 11.1 Å². The quantitative estimate of drug-likeness (QED) is 0.441. The van der Waals surface area contributed by atoms with Crippen molar-refractivity contribution >= 4 is 16.9 Å². The summed E-state index contributed by atoms with van der Waals surface area (Å²) in [6.07, 6.45) is 4.77. The molecule has 1 saturated carbocycles. The first-order chi connectivity index (χ1) is 15.1. The molecule has 0 bridgehead atoms. The highest BCUT2D eigenvalue weighted by atomic mass is 16.5. The largest absolute Gasteiger partial charge is 0.493 e. The fourth-order valence-corrected chi connectivity index (χ4v) is 4.01. The molecule has 3 aromatic rings. The van der Waals surface area contributed by atoms with Crippen LogP contribution in [-0.4, -0.2) is 28.6 Å². The van der Waals surface area contributed by atoms with Crippen molar-refractivity contribution in [1.82, 2.24) is 14.9 Å². The van der Waals surface area contributed by atoms with Crippen LogP contribution in [0.4, 0.5) is 0 Å². The molecule has 1 aromatic heterocycles. The molecule has 0 saturated heterocycles. The topological polar surface area (TPSA) is 56.1 Å². The van der Waals surface area contributed by atoms with Gasteiger partial charge in [0.05, 0.1) is 17.6 Å². The Hall–Kier alpha value is -2.82. The number of carbonyl (C=O) groups excluding carboxylic acids is 1. The van der Waals surface area contributed by atoms with Crippen molar-refractivity contribution < 1.29 is 9.53 Å². The number of nitrogens with zero attached hydrogens (tertiary/aromatic N) is 2. The minimum Gasteiger partial charge on any atom is -0.493 e. The van der Waals surface area contributed by atoms with Crippen LogP contribution in [0.15, 0.2) is 48.5 Å². The molecule has 4 rings (SSSR count). The number of aryl methyl sites for hydroxylation is 2. The number of fused-ring (bicyclic) bond motifs is 1. The highest BCUT2D eigenvalue weighted by molar-refractivity contribution is 5.80. The van der Waals surface area contributed by atoms with E-state index in [4.69, 9.17) is 9.72 Å². The van der Waals surface area contributed by atoms with E-state index in [1.54, 1.807) is 0 Å². The van der Waals surface area contributed by atoms with Gasteiger partial charge >= 0.3 is 0 Å². The third-order valence-corrected chi connectivity index (χ3v) is 5.88. The van der Waals surface area contributed by atoms with Gasteiger partial charge in [-0.3, -0.25) is 4.79 Å². The van der Waals surface area contributed by atoms with E-state index in [0.717, 1.165) is 55.7 Å². The molecule has 31 heavy (non-hydrogen) atoms. The summed E-state index contributed by atoms with van der Waals surface area (Å²) in [5.41, 5.74) is 3.46.